The summed E-state index contributed by atoms with van der Waals surface area (Å²) in [5, 5.41) is 4.73. The molecule has 1 saturated carbocycles. The molecule has 3 rings (SSSR count). The van der Waals surface area contributed by atoms with Crippen molar-refractivity contribution in [2.45, 2.75) is 38.5 Å². The van der Waals surface area contributed by atoms with Gasteiger partial charge in [-0.1, -0.05) is 50.3 Å². The van der Waals surface area contributed by atoms with Crippen LogP contribution in [0.4, 0.5) is 5.69 Å². The average Bonchev–Trinajstić information content (AvgIpc) is 2.48. The molecule has 1 aliphatic rings. The molecule has 1 fully saturated rings. The average molecular weight is 254 g/mol. The Morgan fingerprint density at radius 2 is 1.95 bits per heavy atom. The van der Waals surface area contributed by atoms with E-state index in [1.807, 2.05) is 12.3 Å². The minimum Gasteiger partial charge on any atom is -0.384 e. The molecule has 0 spiro atoms. The maximum absolute atomic E-state index is 4.48. The largest absolute Gasteiger partial charge is 0.384 e. The van der Waals surface area contributed by atoms with E-state index < -0.39 is 0 Å². The number of aromatic nitrogens is 1. The van der Waals surface area contributed by atoms with Gasteiger partial charge < -0.3 is 5.32 Å². The number of anilines is 1. The number of benzene rings is 1. The number of rotatable bonds is 4. The van der Waals surface area contributed by atoms with E-state index in [0.29, 0.717) is 0 Å². The topological polar surface area (TPSA) is 24.9 Å². The van der Waals surface area contributed by atoms with Gasteiger partial charge in [-0.15, -0.1) is 0 Å². The molecule has 0 amide bonds. The third-order valence-corrected chi connectivity index (χ3v) is 4.20. The Kier molecular flexibility index (Phi) is 3.97. The third-order valence-electron chi connectivity index (χ3n) is 4.20. The third kappa shape index (κ3) is 3.25. The SMILES string of the molecule is c1ccc2ncc(NCCC3CCCCC3)cc2c1. The van der Waals surface area contributed by atoms with E-state index in [1.54, 1.807) is 0 Å². The number of pyridine rings is 1. The molecule has 2 aromatic rings. The summed E-state index contributed by atoms with van der Waals surface area (Å²) >= 11 is 0. The molecule has 100 valence electrons. The minimum absolute atomic E-state index is 0.940. The normalized spacial score (nSPS) is 16.6. The molecule has 1 heterocycles. The highest BCUT2D eigenvalue weighted by Crippen LogP contribution is 2.26. The second-order valence-corrected chi connectivity index (χ2v) is 5.64. The van der Waals surface area contributed by atoms with Crippen molar-refractivity contribution in [3.8, 4) is 0 Å². The molecule has 0 bridgehead atoms. The summed E-state index contributed by atoms with van der Waals surface area (Å²) in [7, 11) is 0. The molecule has 0 atom stereocenters. The molecule has 2 heteroatoms. The van der Waals surface area contributed by atoms with Crippen LogP contribution < -0.4 is 5.32 Å². The lowest BCUT2D eigenvalue weighted by Crippen LogP contribution is -2.12. The van der Waals surface area contributed by atoms with Crippen molar-refractivity contribution in [1.82, 2.24) is 4.98 Å². The van der Waals surface area contributed by atoms with Crippen molar-refractivity contribution in [2.24, 2.45) is 5.92 Å². The predicted octanol–water partition coefficient (Wildman–Crippen LogP) is 4.62. The van der Waals surface area contributed by atoms with Crippen molar-refractivity contribution in [3.05, 3.63) is 36.5 Å². The number of nitrogens with zero attached hydrogens (tertiary/aromatic N) is 1. The molecular weight excluding hydrogens is 232 g/mol. The fourth-order valence-electron chi connectivity index (χ4n) is 3.06. The Morgan fingerprint density at radius 3 is 2.84 bits per heavy atom. The van der Waals surface area contributed by atoms with E-state index in [1.165, 1.54) is 43.9 Å². The van der Waals surface area contributed by atoms with Gasteiger partial charge in [0.25, 0.3) is 0 Å². The lowest BCUT2D eigenvalue weighted by molar-refractivity contribution is 0.345. The van der Waals surface area contributed by atoms with Crippen LogP contribution in [0.15, 0.2) is 36.5 Å². The zero-order valence-corrected chi connectivity index (χ0v) is 11.4. The van der Waals surface area contributed by atoms with Crippen LogP contribution in [-0.4, -0.2) is 11.5 Å². The van der Waals surface area contributed by atoms with Gasteiger partial charge in [0.15, 0.2) is 0 Å². The predicted molar refractivity (Wildman–Crippen MR) is 81.4 cm³/mol. The van der Waals surface area contributed by atoms with Crippen LogP contribution in [0.5, 0.6) is 0 Å². The number of para-hydroxylation sites is 1. The van der Waals surface area contributed by atoms with Crippen LogP contribution in [0.25, 0.3) is 10.9 Å². The molecule has 0 radical (unpaired) electrons. The molecule has 19 heavy (non-hydrogen) atoms. The number of hydrogen-bond acceptors (Lipinski definition) is 2. The summed E-state index contributed by atoms with van der Waals surface area (Å²) in [6, 6.07) is 10.5. The summed E-state index contributed by atoms with van der Waals surface area (Å²) < 4.78 is 0. The first-order chi connectivity index (χ1) is 9.42. The summed E-state index contributed by atoms with van der Waals surface area (Å²) in [6.45, 7) is 1.07. The highest BCUT2D eigenvalue weighted by atomic mass is 14.9. The van der Waals surface area contributed by atoms with Crippen LogP contribution in [-0.2, 0) is 0 Å². The van der Waals surface area contributed by atoms with E-state index in [-0.39, 0.29) is 0 Å². The molecule has 0 saturated heterocycles. The molecule has 2 nitrogen and oxygen atoms in total. The molecule has 0 unspecified atom stereocenters. The summed E-state index contributed by atoms with van der Waals surface area (Å²) in [5.41, 5.74) is 2.22. The van der Waals surface area contributed by atoms with Crippen molar-refractivity contribution in [2.75, 3.05) is 11.9 Å². The minimum atomic E-state index is 0.940. The zero-order chi connectivity index (χ0) is 12.9. The lowest BCUT2D eigenvalue weighted by Gasteiger charge is -2.21. The van der Waals surface area contributed by atoms with Gasteiger partial charge in [-0.3, -0.25) is 4.98 Å². The lowest BCUT2D eigenvalue weighted by atomic mass is 9.87. The van der Waals surface area contributed by atoms with E-state index >= 15 is 0 Å². The maximum Gasteiger partial charge on any atom is 0.0703 e. The van der Waals surface area contributed by atoms with Crippen LogP contribution in [0.1, 0.15) is 38.5 Å². The first-order valence-electron chi connectivity index (χ1n) is 7.50. The second-order valence-electron chi connectivity index (χ2n) is 5.64. The van der Waals surface area contributed by atoms with E-state index in [9.17, 15) is 0 Å². The zero-order valence-electron chi connectivity index (χ0n) is 11.4. The van der Waals surface area contributed by atoms with Gasteiger partial charge >= 0.3 is 0 Å². The number of hydrogen-bond donors (Lipinski definition) is 1. The summed E-state index contributed by atoms with van der Waals surface area (Å²) in [4.78, 5) is 4.48. The second kappa shape index (κ2) is 6.05. The molecule has 1 aromatic heterocycles. The van der Waals surface area contributed by atoms with Gasteiger partial charge in [-0.05, 0) is 24.5 Å². The monoisotopic (exact) mass is 254 g/mol. The number of fused-ring (bicyclic) bond motifs is 1. The first kappa shape index (κ1) is 12.5. The smallest absolute Gasteiger partial charge is 0.0703 e. The molecule has 0 aliphatic heterocycles. The molecule has 1 aliphatic carbocycles. The van der Waals surface area contributed by atoms with Crippen molar-refractivity contribution in [1.29, 1.82) is 0 Å². The van der Waals surface area contributed by atoms with Crippen LogP contribution in [0, 0.1) is 5.92 Å². The Morgan fingerprint density at radius 1 is 1.11 bits per heavy atom. The molecular formula is C17H22N2. The fourth-order valence-corrected chi connectivity index (χ4v) is 3.06. The van der Waals surface area contributed by atoms with Gasteiger partial charge in [-0.25, -0.2) is 0 Å². The Labute approximate surface area is 115 Å². The van der Waals surface area contributed by atoms with Gasteiger partial charge in [0.2, 0.25) is 0 Å². The van der Waals surface area contributed by atoms with Crippen LogP contribution in [0.2, 0.25) is 0 Å². The van der Waals surface area contributed by atoms with Crippen LogP contribution in [0.3, 0.4) is 0 Å². The van der Waals surface area contributed by atoms with Gasteiger partial charge in [-0.2, -0.15) is 0 Å². The molecule has 1 aromatic carbocycles. The first-order valence-corrected chi connectivity index (χ1v) is 7.50. The summed E-state index contributed by atoms with van der Waals surface area (Å²) in [5.74, 6) is 0.940. The van der Waals surface area contributed by atoms with Crippen molar-refractivity contribution >= 4 is 16.6 Å². The standard InChI is InChI=1S/C17H22N2/c1-2-6-14(7-3-1)10-11-18-16-12-15-8-4-5-9-17(15)19-13-16/h4-5,8-9,12-14,18H,1-3,6-7,10-11H2. The van der Waals surface area contributed by atoms with E-state index in [0.717, 1.165) is 23.7 Å². The van der Waals surface area contributed by atoms with Crippen molar-refractivity contribution < 1.29 is 0 Å². The van der Waals surface area contributed by atoms with Crippen LogP contribution >= 0.6 is 0 Å². The number of nitrogens with one attached hydrogen (secondary N) is 1. The summed E-state index contributed by atoms with van der Waals surface area (Å²) in [6.07, 6.45) is 10.4. The Balaban J connectivity index is 1.56. The Bertz CT molecular complexity index is 530. The fraction of sp³-hybridized carbons (Fsp3) is 0.471. The van der Waals surface area contributed by atoms with Gasteiger partial charge in [0, 0.05) is 11.9 Å². The highest BCUT2D eigenvalue weighted by Gasteiger charge is 2.12. The van der Waals surface area contributed by atoms with Crippen molar-refractivity contribution in [3.63, 3.8) is 0 Å². The molecule has 1 N–H and O–H groups in total. The Hall–Kier alpha value is -1.57. The highest BCUT2D eigenvalue weighted by molar-refractivity contribution is 5.81. The quantitative estimate of drug-likeness (QED) is 0.861. The van der Waals surface area contributed by atoms with Gasteiger partial charge in [0.05, 0.1) is 17.4 Å². The van der Waals surface area contributed by atoms with E-state index in [2.05, 4.69) is 34.6 Å². The van der Waals surface area contributed by atoms with E-state index in [4.69, 9.17) is 0 Å². The maximum atomic E-state index is 4.48. The van der Waals surface area contributed by atoms with Gasteiger partial charge in [0.1, 0.15) is 0 Å².